The quantitative estimate of drug-likeness (QED) is 0.700. The third-order valence-electron chi connectivity index (χ3n) is 8.26. The van der Waals surface area contributed by atoms with Crippen molar-refractivity contribution in [2.75, 3.05) is 14.2 Å². The Balaban J connectivity index is 1.37. The van der Waals surface area contributed by atoms with Gasteiger partial charge in [0.15, 0.2) is 0 Å². The predicted octanol–water partition coefficient (Wildman–Crippen LogP) is 4.96. The fourth-order valence-electron chi connectivity index (χ4n) is 7.26. The molecule has 4 nitrogen and oxygen atoms in total. The molecule has 162 valence electrons. The molecule has 1 aromatic carbocycles. The molecule has 5 fully saturated rings. The number of amides is 1. The van der Waals surface area contributed by atoms with E-state index in [0.717, 1.165) is 48.5 Å². The Hall–Kier alpha value is -1.81. The molecule has 0 aromatic heterocycles. The van der Waals surface area contributed by atoms with Gasteiger partial charge in [-0.3, -0.25) is 4.79 Å². The Labute approximate surface area is 180 Å². The van der Waals surface area contributed by atoms with E-state index in [-0.39, 0.29) is 18.1 Å². The summed E-state index contributed by atoms with van der Waals surface area (Å²) in [6, 6.07) is 9.63. The van der Waals surface area contributed by atoms with Crippen LogP contribution in [0.5, 0.6) is 0 Å². The van der Waals surface area contributed by atoms with Crippen molar-refractivity contribution < 1.29 is 14.3 Å². The summed E-state index contributed by atoms with van der Waals surface area (Å²) in [5.74, 6) is 4.95. The molecule has 0 radical (unpaired) electrons. The van der Waals surface area contributed by atoms with Crippen LogP contribution in [0.15, 0.2) is 41.7 Å². The first-order valence-corrected chi connectivity index (χ1v) is 11.8. The number of ether oxygens (including phenoxy) is 2. The summed E-state index contributed by atoms with van der Waals surface area (Å²) in [6.07, 6.45) is 9.89. The molecule has 0 spiro atoms. The van der Waals surface area contributed by atoms with Crippen LogP contribution in [0.1, 0.15) is 61.7 Å². The summed E-state index contributed by atoms with van der Waals surface area (Å²) >= 11 is 0. The van der Waals surface area contributed by atoms with Gasteiger partial charge in [0.05, 0.1) is 19.0 Å². The van der Waals surface area contributed by atoms with Gasteiger partial charge in [0, 0.05) is 24.6 Å². The number of nitrogens with one attached hydrogen (secondary N) is 1. The lowest BCUT2D eigenvalue weighted by molar-refractivity contribution is 0.0244. The Kier molecular flexibility index (Phi) is 5.61. The minimum absolute atomic E-state index is 0.0114. The molecule has 0 saturated heterocycles. The van der Waals surface area contributed by atoms with E-state index in [0.29, 0.717) is 5.92 Å². The van der Waals surface area contributed by atoms with Crippen LogP contribution >= 0.6 is 0 Å². The van der Waals surface area contributed by atoms with Crippen molar-refractivity contribution in [3.8, 4) is 0 Å². The van der Waals surface area contributed by atoms with Crippen molar-refractivity contribution in [3.05, 3.63) is 47.2 Å². The highest BCUT2D eigenvalue weighted by Crippen LogP contribution is 2.58. The largest absolute Gasteiger partial charge is 0.501 e. The lowest BCUT2D eigenvalue weighted by atomic mass is 9.53. The average molecular weight is 410 g/mol. The van der Waals surface area contributed by atoms with Gasteiger partial charge in [-0.1, -0.05) is 18.2 Å². The zero-order valence-corrected chi connectivity index (χ0v) is 18.3. The molecule has 30 heavy (non-hydrogen) atoms. The highest BCUT2D eigenvalue weighted by Gasteiger charge is 2.48. The summed E-state index contributed by atoms with van der Waals surface area (Å²) in [6.45, 7) is 0. The van der Waals surface area contributed by atoms with Crippen molar-refractivity contribution in [1.82, 2.24) is 5.32 Å². The van der Waals surface area contributed by atoms with Crippen molar-refractivity contribution in [3.63, 3.8) is 0 Å². The molecule has 0 aliphatic heterocycles. The molecule has 3 atom stereocenters. The molecule has 1 aromatic rings. The second kappa shape index (κ2) is 8.37. The first-order chi connectivity index (χ1) is 14.6. The summed E-state index contributed by atoms with van der Waals surface area (Å²) in [5, 5.41) is 3.28. The Bertz CT molecular complexity index is 772. The van der Waals surface area contributed by atoms with Gasteiger partial charge in [0.25, 0.3) is 5.91 Å². The average Bonchev–Trinajstić information content (AvgIpc) is 2.76. The smallest absolute Gasteiger partial charge is 0.251 e. The zero-order chi connectivity index (χ0) is 20.7. The van der Waals surface area contributed by atoms with E-state index < -0.39 is 0 Å². The van der Waals surface area contributed by atoms with Crippen LogP contribution in [0, 0.1) is 29.6 Å². The van der Waals surface area contributed by atoms with E-state index in [9.17, 15) is 4.79 Å². The third kappa shape index (κ3) is 3.79. The maximum Gasteiger partial charge on any atom is 0.251 e. The molecule has 4 heteroatoms. The van der Waals surface area contributed by atoms with Gasteiger partial charge in [0.2, 0.25) is 0 Å². The standard InChI is InChI=1S/C26H35NO3/c1-29-23-14-21(13-22(15-23)27-26(28)18-6-4-3-5-7-18)25(30-2)24-19-9-16-8-17(11-19)12-20(24)10-16/h3-7,16-17,19-23H,8-15H2,1-2H3,(H,27,28). The van der Waals surface area contributed by atoms with Crippen molar-refractivity contribution in [2.45, 2.75) is 63.5 Å². The van der Waals surface area contributed by atoms with Crippen LogP contribution in [0.4, 0.5) is 0 Å². The predicted molar refractivity (Wildman–Crippen MR) is 117 cm³/mol. The summed E-state index contributed by atoms with van der Waals surface area (Å²) in [7, 11) is 3.66. The molecule has 5 saturated carbocycles. The van der Waals surface area contributed by atoms with Crippen molar-refractivity contribution in [2.24, 2.45) is 29.6 Å². The van der Waals surface area contributed by atoms with E-state index in [4.69, 9.17) is 9.47 Å². The van der Waals surface area contributed by atoms with Gasteiger partial charge in [-0.25, -0.2) is 0 Å². The van der Waals surface area contributed by atoms with Gasteiger partial charge >= 0.3 is 0 Å². The molecule has 5 aliphatic rings. The van der Waals surface area contributed by atoms with Gasteiger partial charge in [-0.15, -0.1) is 0 Å². The second-order valence-electron chi connectivity index (χ2n) is 10.1. The van der Waals surface area contributed by atoms with Crippen molar-refractivity contribution in [1.29, 1.82) is 0 Å². The maximum atomic E-state index is 12.8. The fraction of sp³-hybridized carbons (Fsp3) is 0.654. The van der Waals surface area contributed by atoms with Crippen LogP contribution < -0.4 is 5.32 Å². The number of carbonyl (C=O) groups is 1. The maximum absolute atomic E-state index is 12.8. The first-order valence-electron chi connectivity index (χ1n) is 11.8. The molecule has 5 aliphatic carbocycles. The van der Waals surface area contributed by atoms with E-state index in [1.54, 1.807) is 12.7 Å². The van der Waals surface area contributed by atoms with E-state index in [1.165, 1.54) is 37.9 Å². The second-order valence-corrected chi connectivity index (χ2v) is 10.1. The Morgan fingerprint density at radius 2 is 1.53 bits per heavy atom. The summed E-state index contributed by atoms with van der Waals surface area (Å²) < 4.78 is 12.0. The Morgan fingerprint density at radius 1 is 0.867 bits per heavy atom. The number of hydrogen-bond acceptors (Lipinski definition) is 3. The number of rotatable bonds is 5. The lowest BCUT2D eigenvalue weighted by Crippen LogP contribution is -2.45. The molecule has 4 bridgehead atoms. The van der Waals surface area contributed by atoms with E-state index in [1.807, 2.05) is 37.4 Å². The molecule has 1 N–H and O–H groups in total. The Morgan fingerprint density at radius 3 is 2.13 bits per heavy atom. The number of benzene rings is 1. The molecule has 3 unspecified atom stereocenters. The third-order valence-corrected chi connectivity index (χ3v) is 8.26. The molecular formula is C26H35NO3. The van der Waals surface area contributed by atoms with Crippen LogP contribution in [0.25, 0.3) is 0 Å². The zero-order valence-electron chi connectivity index (χ0n) is 18.3. The highest BCUT2D eigenvalue weighted by molar-refractivity contribution is 5.94. The SMILES string of the molecule is COC(=C1C2CC3CC(C2)CC1C3)C1CC(NC(=O)c2ccccc2)CC(OC)C1. The van der Waals surface area contributed by atoms with Crippen LogP contribution in [-0.4, -0.2) is 32.3 Å². The van der Waals surface area contributed by atoms with Crippen molar-refractivity contribution >= 4 is 5.91 Å². The topological polar surface area (TPSA) is 47.6 Å². The minimum atomic E-state index is 0.0114. The summed E-state index contributed by atoms with van der Waals surface area (Å²) in [4.78, 5) is 12.8. The van der Waals surface area contributed by atoms with Gasteiger partial charge in [-0.05, 0) is 92.7 Å². The lowest BCUT2D eigenvalue weighted by Gasteiger charge is -2.52. The van der Waals surface area contributed by atoms with Crippen LogP contribution in [0.3, 0.4) is 0 Å². The monoisotopic (exact) mass is 409 g/mol. The molecular weight excluding hydrogens is 374 g/mol. The van der Waals surface area contributed by atoms with Crippen LogP contribution in [-0.2, 0) is 9.47 Å². The van der Waals surface area contributed by atoms with Gasteiger partial charge < -0.3 is 14.8 Å². The van der Waals surface area contributed by atoms with E-state index >= 15 is 0 Å². The fourth-order valence-corrected chi connectivity index (χ4v) is 7.26. The minimum Gasteiger partial charge on any atom is -0.501 e. The normalized spacial score (nSPS) is 37.1. The number of allylic oxidation sites excluding steroid dienone is 2. The molecule has 1 amide bonds. The molecule has 6 rings (SSSR count). The van der Waals surface area contributed by atoms with E-state index in [2.05, 4.69) is 5.32 Å². The molecule has 0 heterocycles. The highest BCUT2D eigenvalue weighted by atomic mass is 16.5. The number of hydrogen-bond donors (Lipinski definition) is 1. The first kappa shape index (κ1) is 20.1. The van der Waals surface area contributed by atoms with Crippen LogP contribution in [0.2, 0.25) is 0 Å². The number of carbonyl (C=O) groups excluding carboxylic acids is 1. The van der Waals surface area contributed by atoms with Gasteiger partial charge in [-0.2, -0.15) is 0 Å². The number of methoxy groups -OCH3 is 2. The summed E-state index contributed by atoms with van der Waals surface area (Å²) in [5.41, 5.74) is 2.36. The van der Waals surface area contributed by atoms with Gasteiger partial charge in [0.1, 0.15) is 0 Å².